The van der Waals surface area contributed by atoms with Crippen molar-refractivity contribution in [2.45, 2.75) is 13.1 Å². The number of nitrogens with zero attached hydrogens (tertiary/aromatic N) is 3. The van der Waals surface area contributed by atoms with Crippen LogP contribution in [0.25, 0.3) is 11.0 Å². The van der Waals surface area contributed by atoms with Gasteiger partial charge in [0.25, 0.3) is 0 Å². The number of hydrogen-bond acceptors (Lipinski definition) is 4. The summed E-state index contributed by atoms with van der Waals surface area (Å²) < 4.78 is 6.92. The van der Waals surface area contributed by atoms with E-state index in [-0.39, 0.29) is 0 Å². The van der Waals surface area contributed by atoms with Gasteiger partial charge in [0.1, 0.15) is 5.52 Å². The van der Waals surface area contributed by atoms with E-state index in [9.17, 15) is 0 Å². The van der Waals surface area contributed by atoms with Crippen LogP contribution in [0.1, 0.15) is 5.56 Å². The van der Waals surface area contributed by atoms with Crippen LogP contribution in [-0.4, -0.2) is 21.5 Å². The Morgan fingerprint density at radius 3 is 3.06 bits per heavy atom. The highest BCUT2D eigenvalue weighted by atomic mass is 16.3. The maximum Gasteiger partial charge on any atom is 0.113 e. The van der Waals surface area contributed by atoms with E-state index in [1.165, 1.54) is 0 Å². The second-order valence-electron chi connectivity index (χ2n) is 4.11. The zero-order valence-electron chi connectivity index (χ0n) is 9.91. The summed E-state index contributed by atoms with van der Waals surface area (Å²) in [7, 11) is 0. The molecular weight excluding hydrogens is 228 g/mol. The van der Waals surface area contributed by atoms with Crippen LogP contribution in [0.3, 0.4) is 0 Å². The van der Waals surface area contributed by atoms with E-state index < -0.39 is 0 Å². The van der Waals surface area contributed by atoms with E-state index in [2.05, 4.69) is 15.6 Å². The number of para-hydroxylation sites is 1. The highest BCUT2D eigenvalue weighted by molar-refractivity contribution is 5.73. The Hall–Kier alpha value is -2.14. The zero-order chi connectivity index (χ0) is 12.2. The first kappa shape index (κ1) is 11.0. The van der Waals surface area contributed by atoms with Crippen molar-refractivity contribution in [1.29, 1.82) is 0 Å². The minimum absolute atomic E-state index is 0.804. The normalized spacial score (nSPS) is 11.1. The van der Waals surface area contributed by atoms with Gasteiger partial charge in [-0.1, -0.05) is 17.3 Å². The molecule has 0 aliphatic carbocycles. The van der Waals surface area contributed by atoms with Gasteiger partial charge in [0.05, 0.1) is 24.6 Å². The van der Waals surface area contributed by atoms with Crippen LogP contribution in [0.4, 0.5) is 0 Å². The number of aromatic nitrogens is 3. The molecular formula is C13H14N4O. The topological polar surface area (TPSA) is 55.9 Å². The average Bonchev–Trinajstić information content (AvgIpc) is 3.04. The van der Waals surface area contributed by atoms with Crippen molar-refractivity contribution in [2.75, 3.05) is 6.54 Å². The van der Waals surface area contributed by atoms with Crippen LogP contribution in [-0.2, 0) is 13.1 Å². The first-order chi connectivity index (χ1) is 8.93. The Morgan fingerprint density at radius 2 is 2.17 bits per heavy atom. The predicted octanol–water partition coefficient (Wildman–Crippen LogP) is 1.81. The first-order valence-electron chi connectivity index (χ1n) is 5.93. The summed E-state index contributed by atoms with van der Waals surface area (Å²) >= 11 is 0. The Balaban J connectivity index is 1.57. The van der Waals surface area contributed by atoms with Crippen LogP contribution in [0.5, 0.6) is 0 Å². The highest BCUT2D eigenvalue weighted by Gasteiger charge is 2.02. The van der Waals surface area contributed by atoms with E-state index in [0.29, 0.717) is 0 Å². The molecule has 0 radical (unpaired) electrons. The number of furan rings is 1. The second kappa shape index (κ2) is 5.01. The molecule has 18 heavy (non-hydrogen) atoms. The molecule has 0 unspecified atom stereocenters. The van der Waals surface area contributed by atoms with Crippen LogP contribution in [0, 0.1) is 0 Å². The Kier molecular flexibility index (Phi) is 3.06. The lowest BCUT2D eigenvalue weighted by Gasteiger charge is -2.03. The summed E-state index contributed by atoms with van der Waals surface area (Å²) in [5, 5.41) is 11.6. The molecule has 3 rings (SSSR count). The van der Waals surface area contributed by atoms with E-state index in [1.807, 2.05) is 35.0 Å². The molecule has 0 saturated heterocycles. The molecule has 2 heterocycles. The molecule has 0 saturated carbocycles. The smallest absolute Gasteiger partial charge is 0.113 e. The third-order valence-corrected chi connectivity index (χ3v) is 2.83. The number of rotatable bonds is 5. The molecule has 3 aromatic rings. The minimum Gasteiger partial charge on any atom is -0.472 e. The molecule has 5 nitrogen and oxygen atoms in total. The van der Waals surface area contributed by atoms with Gasteiger partial charge in [0.2, 0.25) is 0 Å². The Bertz CT molecular complexity index is 615. The van der Waals surface area contributed by atoms with Crippen molar-refractivity contribution in [2.24, 2.45) is 0 Å². The van der Waals surface area contributed by atoms with Gasteiger partial charge in [-0.25, -0.2) is 4.68 Å². The molecule has 2 aromatic heterocycles. The fraction of sp³-hybridized carbons (Fsp3) is 0.231. The van der Waals surface area contributed by atoms with Crippen LogP contribution >= 0.6 is 0 Å². The van der Waals surface area contributed by atoms with Crippen molar-refractivity contribution < 1.29 is 4.42 Å². The average molecular weight is 242 g/mol. The van der Waals surface area contributed by atoms with Gasteiger partial charge in [0.15, 0.2) is 0 Å². The van der Waals surface area contributed by atoms with E-state index in [4.69, 9.17) is 4.42 Å². The van der Waals surface area contributed by atoms with E-state index in [0.717, 1.165) is 36.2 Å². The summed E-state index contributed by atoms with van der Waals surface area (Å²) in [5.41, 5.74) is 3.16. The van der Waals surface area contributed by atoms with Crippen molar-refractivity contribution >= 4 is 11.0 Å². The van der Waals surface area contributed by atoms with Crippen molar-refractivity contribution in [3.8, 4) is 0 Å². The lowest BCUT2D eigenvalue weighted by Crippen LogP contribution is -2.19. The number of fused-ring (bicyclic) bond motifs is 1. The van der Waals surface area contributed by atoms with E-state index >= 15 is 0 Å². The highest BCUT2D eigenvalue weighted by Crippen LogP contribution is 2.08. The lowest BCUT2D eigenvalue weighted by atomic mass is 10.3. The maximum absolute atomic E-state index is 5.01. The van der Waals surface area contributed by atoms with Gasteiger partial charge in [-0.2, -0.15) is 0 Å². The lowest BCUT2D eigenvalue weighted by molar-refractivity contribution is 0.541. The molecule has 1 aromatic carbocycles. The molecule has 0 aliphatic rings. The van der Waals surface area contributed by atoms with Gasteiger partial charge < -0.3 is 9.73 Å². The molecule has 92 valence electrons. The molecule has 0 aliphatic heterocycles. The van der Waals surface area contributed by atoms with Gasteiger partial charge in [-0.05, 0) is 18.2 Å². The number of benzene rings is 1. The second-order valence-corrected chi connectivity index (χ2v) is 4.11. The standard InChI is InChI=1S/C13H14N4O/c1-2-4-13-12(3-1)15-16-17(13)7-6-14-9-11-5-8-18-10-11/h1-5,8,10,14H,6-7,9H2. The predicted molar refractivity (Wildman–Crippen MR) is 67.9 cm³/mol. The quantitative estimate of drug-likeness (QED) is 0.693. The van der Waals surface area contributed by atoms with Crippen LogP contribution in [0.2, 0.25) is 0 Å². The summed E-state index contributed by atoms with van der Waals surface area (Å²) in [6, 6.07) is 9.93. The fourth-order valence-electron chi connectivity index (χ4n) is 1.89. The monoisotopic (exact) mass is 242 g/mol. The Labute approximate surface area is 104 Å². The minimum atomic E-state index is 0.804. The third kappa shape index (κ3) is 2.26. The van der Waals surface area contributed by atoms with Gasteiger partial charge >= 0.3 is 0 Å². The number of hydrogen-bond donors (Lipinski definition) is 1. The largest absolute Gasteiger partial charge is 0.472 e. The van der Waals surface area contributed by atoms with E-state index in [1.54, 1.807) is 12.5 Å². The Morgan fingerprint density at radius 1 is 1.22 bits per heavy atom. The zero-order valence-corrected chi connectivity index (χ0v) is 9.91. The molecule has 0 bridgehead atoms. The van der Waals surface area contributed by atoms with Gasteiger partial charge in [-0.15, -0.1) is 5.10 Å². The molecule has 0 atom stereocenters. The first-order valence-corrected chi connectivity index (χ1v) is 5.93. The van der Waals surface area contributed by atoms with Gasteiger partial charge in [-0.3, -0.25) is 0 Å². The summed E-state index contributed by atoms with van der Waals surface area (Å²) in [5.74, 6) is 0. The van der Waals surface area contributed by atoms with Crippen molar-refractivity contribution in [1.82, 2.24) is 20.3 Å². The fourth-order valence-corrected chi connectivity index (χ4v) is 1.89. The van der Waals surface area contributed by atoms with Crippen LogP contribution in [0.15, 0.2) is 47.3 Å². The summed E-state index contributed by atoms with van der Waals surface area (Å²) in [6.07, 6.45) is 3.43. The summed E-state index contributed by atoms with van der Waals surface area (Å²) in [6.45, 7) is 2.46. The number of nitrogens with one attached hydrogen (secondary N) is 1. The third-order valence-electron chi connectivity index (χ3n) is 2.83. The van der Waals surface area contributed by atoms with Crippen LogP contribution < -0.4 is 5.32 Å². The molecule has 0 spiro atoms. The van der Waals surface area contributed by atoms with Crippen molar-refractivity contribution in [3.63, 3.8) is 0 Å². The SMILES string of the molecule is c1ccc2c(c1)nnn2CCNCc1ccoc1. The van der Waals surface area contributed by atoms with Gasteiger partial charge in [0, 0.05) is 18.7 Å². The molecule has 5 heteroatoms. The maximum atomic E-state index is 5.01. The molecule has 1 N–H and O–H groups in total. The summed E-state index contributed by atoms with van der Waals surface area (Å²) in [4.78, 5) is 0. The molecule has 0 amide bonds. The van der Waals surface area contributed by atoms with Crippen molar-refractivity contribution in [3.05, 3.63) is 48.4 Å². The molecule has 0 fully saturated rings.